The number of aryl methyl sites for hydroxylation is 1. The number of thiazole rings is 1. The Morgan fingerprint density at radius 1 is 1.19 bits per heavy atom. The zero-order valence-corrected chi connectivity index (χ0v) is 15.5. The maximum absolute atomic E-state index is 12.8. The van der Waals surface area contributed by atoms with Crippen molar-refractivity contribution in [3.8, 4) is 0 Å². The normalized spacial score (nSPS) is 15.0. The van der Waals surface area contributed by atoms with E-state index >= 15 is 0 Å². The predicted molar refractivity (Wildman–Crippen MR) is 99.0 cm³/mol. The first-order chi connectivity index (χ1) is 12.6. The SMILES string of the molecule is Cc1csc(=O)n1CCC(=O)O[C@H](C(=O)N1CCCC1)c1ccccc1. The Kier molecular flexibility index (Phi) is 5.88. The number of carbonyl (C=O) groups excluding carboxylic acids is 2. The van der Waals surface area contributed by atoms with Crippen molar-refractivity contribution >= 4 is 23.2 Å². The lowest BCUT2D eigenvalue weighted by atomic mass is 10.1. The van der Waals surface area contributed by atoms with Crippen LogP contribution in [0.4, 0.5) is 0 Å². The highest BCUT2D eigenvalue weighted by molar-refractivity contribution is 7.07. The number of amides is 1. The number of hydrogen-bond acceptors (Lipinski definition) is 5. The Bertz CT molecular complexity index is 822. The van der Waals surface area contributed by atoms with Crippen molar-refractivity contribution in [1.29, 1.82) is 0 Å². The molecule has 1 fully saturated rings. The van der Waals surface area contributed by atoms with E-state index in [0.29, 0.717) is 18.7 Å². The van der Waals surface area contributed by atoms with Crippen LogP contribution in [0.2, 0.25) is 0 Å². The molecule has 7 heteroatoms. The van der Waals surface area contributed by atoms with Crippen molar-refractivity contribution in [2.75, 3.05) is 13.1 Å². The van der Waals surface area contributed by atoms with Gasteiger partial charge in [0.1, 0.15) is 0 Å². The third-order valence-electron chi connectivity index (χ3n) is 4.51. The molecule has 0 radical (unpaired) electrons. The molecule has 0 spiro atoms. The fourth-order valence-corrected chi connectivity index (χ4v) is 3.82. The molecule has 1 atom stereocenters. The average molecular weight is 374 g/mol. The summed E-state index contributed by atoms with van der Waals surface area (Å²) in [5.74, 6) is -0.658. The molecule has 1 aromatic heterocycles. The number of esters is 1. The molecule has 0 unspecified atom stereocenters. The Morgan fingerprint density at radius 2 is 1.88 bits per heavy atom. The number of rotatable bonds is 6. The van der Waals surface area contributed by atoms with Crippen LogP contribution < -0.4 is 4.87 Å². The van der Waals surface area contributed by atoms with Gasteiger partial charge in [0.2, 0.25) is 6.10 Å². The first kappa shape index (κ1) is 18.4. The molecular weight excluding hydrogens is 352 g/mol. The number of hydrogen-bond donors (Lipinski definition) is 0. The van der Waals surface area contributed by atoms with Gasteiger partial charge in [-0.3, -0.25) is 14.4 Å². The fraction of sp³-hybridized carbons (Fsp3) is 0.421. The highest BCUT2D eigenvalue weighted by Crippen LogP contribution is 2.23. The largest absolute Gasteiger partial charge is 0.447 e. The van der Waals surface area contributed by atoms with Gasteiger partial charge >= 0.3 is 10.8 Å². The van der Waals surface area contributed by atoms with E-state index < -0.39 is 12.1 Å². The molecule has 0 N–H and O–H groups in total. The lowest BCUT2D eigenvalue weighted by Gasteiger charge is -2.23. The Hall–Kier alpha value is -2.41. The molecule has 1 amide bonds. The van der Waals surface area contributed by atoms with E-state index in [-0.39, 0.29) is 23.7 Å². The van der Waals surface area contributed by atoms with Crippen molar-refractivity contribution in [3.63, 3.8) is 0 Å². The molecule has 1 aliphatic rings. The van der Waals surface area contributed by atoms with Crippen LogP contribution >= 0.6 is 11.3 Å². The number of carbonyl (C=O) groups is 2. The van der Waals surface area contributed by atoms with Gasteiger partial charge in [0.25, 0.3) is 5.91 Å². The maximum Gasteiger partial charge on any atom is 0.308 e. The fourth-order valence-electron chi connectivity index (χ4n) is 3.06. The molecule has 0 bridgehead atoms. The van der Waals surface area contributed by atoms with E-state index in [0.717, 1.165) is 29.9 Å². The average Bonchev–Trinajstić information content (AvgIpc) is 3.29. The summed E-state index contributed by atoms with van der Waals surface area (Å²) in [6.45, 7) is 3.48. The second-order valence-electron chi connectivity index (χ2n) is 6.36. The lowest BCUT2D eigenvalue weighted by Crippen LogP contribution is -2.35. The standard InChI is InChI=1S/C19H22N2O4S/c1-14-13-26-19(24)21(14)12-9-16(22)25-17(15-7-3-2-4-8-15)18(23)20-10-5-6-11-20/h2-4,7-8,13,17H,5-6,9-12H2,1H3/t17-/m0/s1. The van der Waals surface area contributed by atoms with Gasteiger partial charge in [-0.25, -0.2) is 0 Å². The van der Waals surface area contributed by atoms with E-state index in [2.05, 4.69) is 0 Å². The maximum atomic E-state index is 12.8. The molecule has 1 aliphatic heterocycles. The van der Waals surface area contributed by atoms with Crippen LogP contribution in [0, 0.1) is 6.92 Å². The Balaban J connectivity index is 1.69. The van der Waals surface area contributed by atoms with Crippen LogP contribution in [0.5, 0.6) is 0 Å². The predicted octanol–water partition coefficient (Wildman–Crippen LogP) is 2.52. The summed E-state index contributed by atoms with van der Waals surface area (Å²) in [5, 5.41) is 1.76. The van der Waals surface area contributed by atoms with Gasteiger partial charge in [-0.1, -0.05) is 41.7 Å². The summed E-state index contributed by atoms with van der Waals surface area (Å²) in [6.07, 6.45) is 1.07. The molecule has 138 valence electrons. The molecule has 2 heterocycles. The van der Waals surface area contributed by atoms with Gasteiger partial charge in [-0.2, -0.15) is 0 Å². The van der Waals surface area contributed by atoms with Crippen LogP contribution in [0.3, 0.4) is 0 Å². The molecule has 3 rings (SSSR count). The third-order valence-corrected chi connectivity index (χ3v) is 5.39. The first-order valence-corrected chi connectivity index (χ1v) is 9.62. The minimum atomic E-state index is -0.929. The number of aromatic nitrogens is 1. The van der Waals surface area contributed by atoms with Crippen molar-refractivity contribution in [1.82, 2.24) is 9.47 Å². The molecule has 1 saturated heterocycles. The second-order valence-corrected chi connectivity index (χ2v) is 7.18. The minimum absolute atomic E-state index is 0.0497. The Morgan fingerprint density at radius 3 is 2.50 bits per heavy atom. The van der Waals surface area contributed by atoms with Gasteiger partial charge < -0.3 is 14.2 Å². The van der Waals surface area contributed by atoms with E-state index in [4.69, 9.17) is 4.74 Å². The molecule has 6 nitrogen and oxygen atoms in total. The summed E-state index contributed by atoms with van der Waals surface area (Å²) in [6, 6.07) is 9.08. The van der Waals surface area contributed by atoms with Crippen molar-refractivity contribution in [2.45, 2.75) is 38.8 Å². The number of nitrogens with zero attached hydrogens (tertiary/aromatic N) is 2. The monoisotopic (exact) mass is 374 g/mol. The van der Waals surface area contributed by atoms with Crippen LogP contribution in [-0.2, 0) is 20.9 Å². The van der Waals surface area contributed by atoms with Crippen LogP contribution in [0.25, 0.3) is 0 Å². The summed E-state index contributed by atoms with van der Waals surface area (Å²) >= 11 is 1.11. The van der Waals surface area contributed by atoms with E-state index in [1.54, 1.807) is 27.0 Å². The van der Waals surface area contributed by atoms with Gasteiger partial charge in [-0.15, -0.1) is 0 Å². The molecule has 1 aromatic carbocycles. The molecule has 0 saturated carbocycles. The van der Waals surface area contributed by atoms with Crippen LogP contribution in [0.1, 0.15) is 36.6 Å². The van der Waals surface area contributed by atoms with E-state index in [1.807, 2.05) is 25.1 Å². The van der Waals surface area contributed by atoms with Gasteiger partial charge in [-0.05, 0) is 19.8 Å². The highest BCUT2D eigenvalue weighted by Gasteiger charge is 2.30. The summed E-state index contributed by atoms with van der Waals surface area (Å²) in [4.78, 5) is 38.6. The molecular formula is C19H22N2O4S. The molecule has 2 aromatic rings. The summed E-state index contributed by atoms with van der Waals surface area (Å²) in [5.41, 5.74) is 1.49. The van der Waals surface area contributed by atoms with Crippen molar-refractivity contribution in [3.05, 3.63) is 56.6 Å². The van der Waals surface area contributed by atoms with E-state index in [1.165, 1.54) is 0 Å². The minimum Gasteiger partial charge on any atom is -0.447 e. The van der Waals surface area contributed by atoms with Gasteiger partial charge in [0, 0.05) is 36.3 Å². The van der Waals surface area contributed by atoms with Crippen LogP contribution in [0.15, 0.2) is 40.5 Å². The second kappa shape index (κ2) is 8.31. The summed E-state index contributed by atoms with van der Waals surface area (Å²) in [7, 11) is 0. The first-order valence-electron chi connectivity index (χ1n) is 8.74. The number of benzene rings is 1. The van der Waals surface area contributed by atoms with Crippen molar-refractivity contribution < 1.29 is 14.3 Å². The van der Waals surface area contributed by atoms with Crippen LogP contribution in [-0.4, -0.2) is 34.4 Å². The van der Waals surface area contributed by atoms with Gasteiger partial charge in [0.05, 0.1) is 6.42 Å². The third kappa shape index (κ3) is 4.22. The quantitative estimate of drug-likeness (QED) is 0.729. The zero-order chi connectivity index (χ0) is 18.5. The summed E-state index contributed by atoms with van der Waals surface area (Å²) < 4.78 is 7.09. The zero-order valence-electron chi connectivity index (χ0n) is 14.7. The lowest BCUT2D eigenvalue weighted by molar-refractivity contribution is -0.160. The Labute approximate surface area is 156 Å². The number of likely N-dealkylation sites (tertiary alicyclic amines) is 1. The molecule has 26 heavy (non-hydrogen) atoms. The topological polar surface area (TPSA) is 68.6 Å². The van der Waals surface area contributed by atoms with Gasteiger partial charge in [0.15, 0.2) is 0 Å². The smallest absolute Gasteiger partial charge is 0.308 e. The molecule has 0 aliphatic carbocycles. The van der Waals surface area contributed by atoms with E-state index in [9.17, 15) is 14.4 Å². The number of ether oxygens (including phenoxy) is 1. The van der Waals surface area contributed by atoms with Crippen molar-refractivity contribution in [2.24, 2.45) is 0 Å². The highest BCUT2D eigenvalue weighted by atomic mass is 32.1.